The summed E-state index contributed by atoms with van der Waals surface area (Å²) in [5, 5.41) is 4.27. The fourth-order valence-electron chi connectivity index (χ4n) is 4.24. The van der Waals surface area contributed by atoms with E-state index < -0.39 is 11.7 Å². The SMILES string of the molecule is Cc1c2c(c3ncnn3c1C)CN(C(=O)CC1CC1c1ncc(C(F)(F)F)cn1)C2. The smallest absolute Gasteiger partial charge is 0.334 e. The van der Waals surface area contributed by atoms with Gasteiger partial charge in [-0.25, -0.2) is 19.5 Å². The molecule has 2 unspecified atom stereocenters. The molecule has 0 aromatic carbocycles. The minimum Gasteiger partial charge on any atom is -0.334 e. The Morgan fingerprint density at radius 1 is 1.13 bits per heavy atom. The summed E-state index contributed by atoms with van der Waals surface area (Å²) in [6, 6.07) is 0. The standard InChI is InChI=1S/C20H19F3N6O/c1-10-11(2)29-19(26-9-27-29)16-8-28(7-15(10)16)17(30)4-12-3-14(12)18-24-5-13(6-25-18)20(21,22)23/h5-6,9,12,14H,3-4,7-8H2,1-2H3. The van der Waals surface area contributed by atoms with E-state index >= 15 is 0 Å². The van der Waals surface area contributed by atoms with Crippen molar-refractivity contribution in [2.24, 2.45) is 5.92 Å². The molecule has 7 nitrogen and oxygen atoms in total. The molecule has 10 heteroatoms. The summed E-state index contributed by atoms with van der Waals surface area (Å²) in [5.41, 5.74) is 4.20. The lowest BCUT2D eigenvalue weighted by Gasteiger charge is -2.15. The predicted octanol–water partition coefficient (Wildman–Crippen LogP) is 3.19. The Morgan fingerprint density at radius 3 is 2.53 bits per heavy atom. The molecule has 3 aromatic rings. The van der Waals surface area contributed by atoms with Gasteiger partial charge in [0.15, 0.2) is 5.65 Å². The second kappa shape index (κ2) is 6.48. The minimum absolute atomic E-state index is 0.0281. The average Bonchev–Trinajstić information content (AvgIpc) is 3.11. The number of amides is 1. The quantitative estimate of drug-likeness (QED) is 0.656. The lowest BCUT2D eigenvalue weighted by Crippen LogP contribution is -2.25. The van der Waals surface area contributed by atoms with Gasteiger partial charge in [-0.3, -0.25) is 4.79 Å². The van der Waals surface area contributed by atoms with Gasteiger partial charge in [-0.05, 0) is 37.3 Å². The second-order valence-corrected chi connectivity index (χ2v) is 8.05. The lowest BCUT2D eigenvalue weighted by molar-refractivity contribution is -0.138. The zero-order chi connectivity index (χ0) is 21.2. The number of carbonyl (C=O) groups excluding carboxylic acids is 1. The Labute approximate surface area is 170 Å². The molecule has 4 heterocycles. The van der Waals surface area contributed by atoms with Crippen LogP contribution in [0.4, 0.5) is 13.2 Å². The number of rotatable bonds is 3. The number of hydrogen-bond acceptors (Lipinski definition) is 5. The highest BCUT2D eigenvalue weighted by molar-refractivity contribution is 5.78. The highest BCUT2D eigenvalue weighted by Gasteiger charge is 2.43. The molecule has 0 spiro atoms. The Kier molecular flexibility index (Phi) is 4.09. The molecule has 1 saturated carbocycles. The van der Waals surface area contributed by atoms with Crippen molar-refractivity contribution >= 4 is 11.6 Å². The van der Waals surface area contributed by atoms with Crippen LogP contribution in [0.1, 0.15) is 52.5 Å². The number of hydrogen-bond donors (Lipinski definition) is 0. The summed E-state index contributed by atoms with van der Waals surface area (Å²) in [4.78, 5) is 26.8. The van der Waals surface area contributed by atoms with Crippen molar-refractivity contribution in [1.82, 2.24) is 29.5 Å². The van der Waals surface area contributed by atoms with Crippen molar-refractivity contribution in [2.75, 3.05) is 0 Å². The first-order chi connectivity index (χ1) is 14.2. The Morgan fingerprint density at radius 2 is 1.83 bits per heavy atom. The van der Waals surface area contributed by atoms with Crippen LogP contribution in [0, 0.1) is 19.8 Å². The van der Waals surface area contributed by atoms with Crippen LogP contribution in [-0.4, -0.2) is 35.4 Å². The number of aryl methyl sites for hydroxylation is 1. The Bertz CT molecular complexity index is 1150. The molecule has 2 aliphatic rings. The van der Waals surface area contributed by atoms with Crippen molar-refractivity contribution < 1.29 is 18.0 Å². The van der Waals surface area contributed by atoms with Crippen molar-refractivity contribution in [3.8, 4) is 0 Å². The summed E-state index contributed by atoms with van der Waals surface area (Å²) < 4.78 is 39.8. The van der Waals surface area contributed by atoms with Gasteiger partial charge in [0, 0.05) is 42.5 Å². The van der Waals surface area contributed by atoms with E-state index in [1.165, 1.54) is 6.33 Å². The van der Waals surface area contributed by atoms with Crippen LogP contribution in [0.2, 0.25) is 0 Å². The number of alkyl halides is 3. The first-order valence-electron chi connectivity index (χ1n) is 9.71. The lowest BCUT2D eigenvalue weighted by atomic mass is 10.0. The first kappa shape index (κ1) is 19.0. The predicted molar refractivity (Wildman–Crippen MR) is 99.2 cm³/mol. The maximum atomic E-state index is 12.9. The van der Waals surface area contributed by atoms with Crippen LogP contribution in [0.25, 0.3) is 5.65 Å². The number of nitrogens with zero attached hydrogens (tertiary/aromatic N) is 6. The average molecular weight is 416 g/mol. The fraction of sp³-hybridized carbons (Fsp3) is 0.450. The zero-order valence-corrected chi connectivity index (χ0v) is 16.4. The van der Waals surface area contributed by atoms with Gasteiger partial charge in [0.2, 0.25) is 5.91 Å². The molecule has 3 aromatic heterocycles. The molecule has 0 saturated heterocycles. The third kappa shape index (κ3) is 3.01. The topological polar surface area (TPSA) is 76.3 Å². The molecule has 156 valence electrons. The van der Waals surface area contributed by atoms with Gasteiger partial charge in [0.25, 0.3) is 0 Å². The molecule has 2 atom stereocenters. The highest BCUT2D eigenvalue weighted by Crippen LogP contribution is 2.49. The van der Waals surface area contributed by atoms with E-state index in [1.807, 2.05) is 18.7 Å². The fourth-order valence-corrected chi connectivity index (χ4v) is 4.24. The summed E-state index contributed by atoms with van der Waals surface area (Å²) >= 11 is 0. The summed E-state index contributed by atoms with van der Waals surface area (Å²) in [5.74, 6) is 0.407. The van der Waals surface area contributed by atoms with Gasteiger partial charge in [0.1, 0.15) is 12.2 Å². The zero-order valence-electron chi connectivity index (χ0n) is 16.4. The van der Waals surface area contributed by atoms with Crippen molar-refractivity contribution in [1.29, 1.82) is 0 Å². The molecule has 1 fully saturated rings. The van der Waals surface area contributed by atoms with Crippen LogP contribution < -0.4 is 0 Å². The molecule has 0 N–H and O–H groups in total. The van der Waals surface area contributed by atoms with E-state index in [2.05, 4.69) is 20.1 Å². The van der Waals surface area contributed by atoms with Gasteiger partial charge in [0.05, 0.1) is 12.1 Å². The van der Waals surface area contributed by atoms with Crippen LogP contribution in [0.15, 0.2) is 18.7 Å². The molecular weight excluding hydrogens is 397 g/mol. The van der Waals surface area contributed by atoms with Gasteiger partial charge in [-0.1, -0.05) is 0 Å². The third-order valence-electron chi connectivity index (χ3n) is 6.24. The van der Waals surface area contributed by atoms with E-state index in [4.69, 9.17) is 0 Å². The molecule has 5 rings (SSSR count). The van der Waals surface area contributed by atoms with Gasteiger partial charge in [-0.15, -0.1) is 0 Å². The molecular formula is C20H19F3N6O. The first-order valence-corrected chi connectivity index (χ1v) is 9.71. The van der Waals surface area contributed by atoms with Gasteiger partial charge in [-0.2, -0.15) is 18.3 Å². The molecule has 30 heavy (non-hydrogen) atoms. The van der Waals surface area contributed by atoms with E-state index in [-0.39, 0.29) is 17.7 Å². The molecule has 1 aliphatic carbocycles. The maximum absolute atomic E-state index is 12.9. The van der Waals surface area contributed by atoms with Crippen LogP contribution >= 0.6 is 0 Å². The van der Waals surface area contributed by atoms with Crippen molar-refractivity contribution in [2.45, 2.75) is 51.9 Å². The van der Waals surface area contributed by atoms with Crippen LogP contribution in [0.5, 0.6) is 0 Å². The second-order valence-electron chi connectivity index (χ2n) is 8.05. The van der Waals surface area contributed by atoms with E-state index in [1.54, 1.807) is 4.52 Å². The molecule has 1 amide bonds. The third-order valence-corrected chi connectivity index (χ3v) is 6.24. The summed E-state index contributed by atoms with van der Waals surface area (Å²) in [7, 11) is 0. The number of halogens is 3. The minimum atomic E-state index is -4.45. The van der Waals surface area contributed by atoms with Gasteiger partial charge < -0.3 is 4.90 Å². The Balaban J connectivity index is 1.27. The number of fused-ring (bicyclic) bond motifs is 3. The van der Waals surface area contributed by atoms with E-state index in [9.17, 15) is 18.0 Å². The number of carbonyl (C=O) groups is 1. The molecule has 0 bridgehead atoms. The van der Waals surface area contributed by atoms with E-state index in [0.717, 1.165) is 40.4 Å². The maximum Gasteiger partial charge on any atom is 0.419 e. The summed E-state index contributed by atoms with van der Waals surface area (Å²) in [6.07, 6.45) is -0.258. The largest absolute Gasteiger partial charge is 0.419 e. The monoisotopic (exact) mass is 416 g/mol. The van der Waals surface area contributed by atoms with Crippen molar-refractivity contribution in [3.05, 3.63) is 52.5 Å². The van der Waals surface area contributed by atoms with Crippen LogP contribution in [0.3, 0.4) is 0 Å². The van der Waals surface area contributed by atoms with E-state index in [0.29, 0.717) is 31.8 Å². The molecule has 1 aliphatic heterocycles. The summed E-state index contributed by atoms with van der Waals surface area (Å²) in [6.45, 7) is 5.05. The van der Waals surface area contributed by atoms with Crippen molar-refractivity contribution in [3.63, 3.8) is 0 Å². The normalized spacial score (nSPS) is 20.6. The molecule has 0 radical (unpaired) electrons. The van der Waals surface area contributed by atoms with Crippen LogP contribution in [-0.2, 0) is 24.1 Å². The van der Waals surface area contributed by atoms with Gasteiger partial charge >= 0.3 is 6.18 Å². The Hall–Kier alpha value is -3.04. The highest BCUT2D eigenvalue weighted by atomic mass is 19.4. The number of aromatic nitrogens is 5. The number of pyridine rings is 1.